The summed E-state index contributed by atoms with van der Waals surface area (Å²) in [5.41, 5.74) is 2.22. The number of piperidine rings is 1. The van der Waals surface area contributed by atoms with Crippen molar-refractivity contribution in [3.05, 3.63) is 52.2 Å². The van der Waals surface area contributed by atoms with Gasteiger partial charge in [-0.3, -0.25) is 4.79 Å². The number of halogens is 1. The number of aryl methyl sites for hydroxylation is 2. The molecule has 0 amide bonds. The molecule has 1 fully saturated rings. The summed E-state index contributed by atoms with van der Waals surface area (Å²) in [4.78, 5) is 25.3. The molecule has 1 aliphatic rings. The highest BCUT2D eigenvalue weighted by atomic mass is 35.5. The van der Waals surface area contributed by atoms with Crippen LogP contribution in [0.15, 0.2) is 39.6 Å². The van der Waals surface area contributed by atoms with E-state index in [1.807, 2.05) is 26.0 Å². The lowest BCUT2D eigenvalue weighted by molar-refractivity contribution is 0.311. The first-order valence-electron chi connectivity index (χ1n) is 10.4. The Morgan fingerprint density at radius 1 is 1.28 bits per heavy atom. The van der Waals surface area contributed by atoms with E-state index in [4.69, 9.17) is 0 Å². The second-order valence-electron chi connectivity index (χ2n) is 7.79. The molecule has 0 bridgehead atoms. The summed E-state index contributed by atoms with van der Waals surface area (Å²) in [7, 11) is -1.93. The van der Waals surface area contributed by atoms with Crippen LogP contribution < -0.4 is 10.5 Å². The second-order valence-corrected chi connectivity index (χ2v) is 11.1. The van der Waals surface area contributed by atoms with Gasteiger partial charge < -0.3 is 14.9 Å². The number of pyridine rings is 1. The van der Waals surface area contributed by atoms with Gasteiger partial charge in [0.05, 0.1) is 0 Å². The van der Waals surface area contributed by atoms with Crippen LogP contribution >= 0.6 is 23.7 Å². The van der Waals surface area contributed by atoms with Crippen LogP contribution in [0.4, 0.5) is 5.95 Å². The number of hydrogen-bond acceptors (Lipinski definition) is 6. The Labute approximate surface area is 198 Å². The monoisotopic (exact) mass is 497 g/mol. The van der Waals surface area contributed by atoms with Crippen LogP contribution in [0.1, 0.15) is 31.0 Å². The van der Waals surface area contributed by atoms with Gasteiger partial charge in [0, 0.05) is 60.3 Å². The predicted molar refractivity (Wildman–Crippen MR) is 131 cm³/mol. The van der Waals surface area contributed by atoms with E-state index in [0.717, 1.165) is 48.0 Å². The minimum Gasteiger partial charge on any atom is -0.342 e. The highest BCUT2D eigenvalue weighted by molar-refractivity contribution is 7.91. The average Bonchev–Trinajstić information content (AvgIpc) is 3.46. The summed E-state index contributed by atoms with van der Waals surface area (Å²) in [6.07, 6.45) is 5.62. The van der Waals surface area contributed by atoms with Crippen LogP contribution in [-0.2, 0) is 16.4 Å². The molecule has 2 N–H and O–H groups in total. The maximum Gasteiger partial charge on any atom is 0.252 e. The highest BCUT2D eigenvalue weighted by Crippen LogP contribution is 2.34. The van der Waals surface area contributed by atoms with Gasteiger partial charge in [-0.15, -0.1) is 23.7 Å². The molecule has 0 aromatic carbocycles. The van der Waals surface area contributed by atoms with Crippen molar-refractivity contribution in [3.63, 3.8) is 0 Å². The molecule has 0 saturated carbocycles. The number of aromatic amines is 2. The smallest absolute Gasteiger partial charge is 0.252 e. The number of nitrogens with zero attached hydrogens (tertiary/aromatic N) is 3. The molecule has 0 aliphatic carbocycles. The van der Waals surface area contributed by atoms with E-state index in [1.165, 1.54) is 15.6 Å². The molecule has 8 nitrogen and oxygen atoms in total. The van der Waals surface area contributed by atoms with Crippen LogP contribution in [0.25, 0.3) is 10.4 Å². The molecule has 1 saturated heterocycles. The van der Waals surface area contributed by atoms with Gasteiger partial charge in [0.15, 0.2) is 0 Å². The Kier molecular flexibility index (Phi) is 7.49. The summed E-state index contributed by atoms with van der Waals surface area (Å²) in [5, 5.41) is 0. The van der Waals surface area contributed by atoms with E-state index in [2.05, 4.69) is 19.9 Å². The van der Waals surface area contributed by atoms with Crippen molar-refractivity contribution in [2.24, 2.45) is 0 Å². The fourth-order valence-corrected chi connectivity index (χ4v) is 6.98. The van der Waals surface area contributed by atoms with Gasteiger partial charge in [0.2, 0.25) is 5.95 Å². The molecule has 174 valence electrons. The normalized spacial score (nSPS) is 15.2. The minimum absolute atomic E-state index is 0. The number of hydrogen-bond donors (Lipinski definition) is 2. The largest absolute Gasteiger partial charge is 0.342 e. The van der Waals surface area contributed by atoms with Crippen molar-refractivity contribution in [1.29, 1.82) is 0 Å². The molecule has 0 unspecified atom stereocenters. The third-order valence-electron chi connectivity index (χ3n) is 5.94. The lowest BCUT2D eigenvalue weighted by atomic mass is 10.1. The van der Waals surface area contributed by atoms with E-state index >= 15 is 0 Å². The van der Waals surface area contributed by atoms with Crippen LogP contribution in [0.3, 0.4) is 0 Å². The van der Waals surface area contributed by atoms with Gasteiger partial charge in [0.25, 0.3) is 15.6 Å². The van der Waals surface area contributed by atoms with E-state index in [1.54, 1.807) is 25.5 Å². The van der Waals surface area contributed by atoms with Crippen molar-refractivity contribution in [2.75, 3.05) is 25.0 Å². The topological polar surface area (TPSA) is 102 Å². The summed E-state index contributed by atoms with van der Waals surface area (Å²) in [6, 6.07) is 5.30. The molecule has 0 spiro atoms. The van der Waals surface area contributed by atoms with Gasteiger partial charge in [0.1, 0.15) is 4.21 Å². The number of imidazole rings is 1. The van der Waals surface area contributed by atoms with E-state index < -0.39 is 10.0 Å². The SMILES string of the molecule is CCc1cc(-c2ccc(S(=O)(=O)N(C)C3CCN(c4ncc[nH]4)CC3)s2)c(C)[nH]c1=O.Cl. The fraction of sp³-hybridized carbons (Fsp3) is 0.429. The Bertz CT molecular complexity index is 1210. The van der Waals surface area contributed by atoms with Gasteiger partial charge in [-0.1, -0.05) is 6.92 Å². The van der Waals surface area contributed by atoms with E-state index in [9.17, 15) is 13.2 Å². The zero-order valence-corrected chi connectivity index (χ0v) is 20.7. The third kappa shape index (κ3) is 4.63. The number of sulfonamides is 1. The summed E-state index contributed by atoms with van der Waals surface area (Å²) in [6.45, 7) is 5.28. The van der Waals surface area contributed by atoms with Crippen LogP contribution in [0.5, 0.6) is 0 Å². The first-order chi connectivity index (χ1) is 14.8. The van der Waals surface area contributed by atoms with Crippen LogP contribution in [0, 0.1) is 6.92 Å². The minimum atomic E-state index is -3.60. The van der Waals surface area contributed by atoms with Gasteiger partial charge in [-0.2, -0.15) is 4.31 Å². The van der Waals surface area contributed by atoms with Crippen molar-refractivity contribution in [1.82, 2.24) is 19.3 Å². The predicted octanol–water partition coefficient (Wildman–Crippen LogP) is 3.41. The van der Waals surface area contributed by atoms with Crippen molar-refractivity contribution in [2.45, 2.75) is 43.4 Å². The maximum absolute atomic E-state index is 13.3. The Morgan fingerprint density at radius 2 is 2.00 bits per heavy atom. The maximum atomic E-state index is 13.3. The van der Waals surface area contributed by atoms with Crippen LogP contribution in [-0.4, -0.2) is 53.9 Å². The molecule has 1 aliphatic heterocycles. The number of aromatic nitrogens is 3. The summed E-state index contributed by atoms with van der Waals surface area (Å²) < 4.78 is 28.4. The molecule has 4 rings (SSSR count). The molecule has 11 heteroatoms. The van der Waals surface area contributed by atoms with Gasteiger partial charge in [-0.25, -0.2) is 13.4 Å². The zero-order chi connectivity index (χ0) is 22.2. The molecule has 0 atom stereocenters. The number of nitrogens with one attached hydrogen (secondary N) is 2. The number of anilines is 1. The number of H-pyrrole nitrogens is 2. The lowest BCUT2D eigenvalue weighted by Gasteiger charge is -2.35. The first kappa shape index (κ1) is 24.5. The molecule has 0 radical (unpaired) electrons. The molecule has 32 heavy (non-hydrogen) atoms. The second kappa shape index (κ2) is 9.78. The van der Waals surface area contributed by atoms with Gasteiger partial charge >= 0.3 is 0 Å². The van der Waals surface area contributed by atoms with E-state index in [-0.39, 0.29) is 24.0 Å². The summed E-state index contributed by atoms with van der Waals surface area (Å²) >= 11 is 1.25. The molecule has 4 heterocycles. The van der Waals surface area contributed by atoms with Crippen molar-refractivity contribution in [3.8, 4) is 10.4 Å². The number of rotatable bonds is 6. The van der Waals surface area contributed by atoms with Crippen molar-refractivity contribution >= 4 is 39.7 Å². The average molecular weight is 498 g/mol. The Balaban J connectivity index is 0.00000289. The van der Waals surface area contributed by atoms with E-state index in [0.29, 0.717) is 16.2 Å². The molecular formula is C21H28ClN5O3S2. The standard InChI is InChI=1S/C21H27N5O3S2.ClH/c1-4-15-13-17(14(2)24-20(15)27)18-5-6-19(30-18)31(28,29)25(3)16-7-11-26(12-8-16)21-22-9-10-23-21;/h5-6,9-10,13,16H,4,7-8,11-12H2,1-3H3,(H,22,23)(H,24,27);1H. The zero-order valence-electron chi connectivity index (χ0n) is 18.3. The van der Waals surface area contributed by atoms with Crippen LogP contribution in [0.2, 0.25) is 0 Å². The Morgan fingerprint density at radius 3 is 2.62 bits per heavy atom. The summed E-state index contributed by atoms with van der Waals surface area (Å²) in [5.74, 6) is 0.828. The molecular weight excluding hydrogens is 470 g/mol. The lowest BCUT2D eigenvalue weighted by Crippen LogP contribution is -2.45. The molecule has 3 aromatic heterocycles. The van der Waals surface area contributed by atoms with Crippen molar-refractivity contribution < 1.29 is 8.42 Å². The fourth-order valence-electron chi connectivity index (χ4n) is 4.00. The third-order valence-corrected chi connectivity index (χ3v) is 9.43. The van der Waals surface area contributed by atoms with Gasteiger partial charge in [-0.05, 0) is 44.4 Å². The number of thiophene rings is 1. The molecule has 3 aromatic rings. The first-order valence-corrected chi connectivity index (χ1v) is 12.6. The Hall–Kier alpha value is -2.14. The highest BCUT2D eigenvalue weighted by Gasteiger charge is 2.32. The quantitative estimate of drug-likeness (QED) is 0.543.